The third-order valence-corrected chi connectivity index (χ3v) is 6.63. The summed E-state index contributed by atoms with van der Waals surface area (Å²) >= 11 is 1.77. The first kappa shape index (κ1) is 16.0. The van der Waals surface area contributed by atoms with Crippen LogP contribution in [-0.2, 0) is 16.3 Å². The lowest BCUT2D eigenvalue weighted by Gasteiger charge is -2.23. The van der Waals surface area contributed by atoms with Gasteiger partial charge in [0.05, 0.1) is 11.5 Å². The molecule has 2 unspecified atom stereocenters. The molecule has 1 aromatic rings. The Morgan fingerprint density at radius 3 is 2.75 bits per heavy atom. The lowest BCUT2D eigenvalue weighted by molar-refractivity contribution is 0.338. The summed E-state index contributed by atoms with van der Waals surface area (Å²) in [5, 5.41) is 5.61. The van der Waals surface area contributed by atoms with Crippen molar-refractivity contribution in [2.75, 3.05) is 24.6 Å². The number of sulfone groups is 1. The predicted molar refractivity (Wildman–Crippen MR) is 86.0 cm³/mol. The second-order valence-electron chi connectivity index (χ2n) is 6.26. The van der Waals surface area contributed by atoms with Gasteiger partial charge in [-0.1, -0.05) is 19.9 Å². The molecule has 1 N–H and O–H groups in total. The highest BCUT2D eigenvalue weighted by Crippen LogP contribution is 2.29. The molecule has 1 saturated heterocycles. The fourth-order valence-electron chi connectivity index (χ4n) is 2.85. The van der Waals surface area contributed by atoms with Crippen LogP contribution in [0, 0.1) is 17.8 Å². The van der Waals surface area contributed by atoms with Crippen LogP contribution in [0.5, 0.6) is 0 Å². The summed E-state index contributed by atoms with van der Waals surface area (Å²) in [6, 6.07) is 4.23. The van der Waals surface area contributed by atoms with E-state index >= 15 is 0 Å². The molecule has 5 heteroatoms. The Hall–Kier alpha value is -0.390. The zero-order valence-corrected chi connectivity index (χ0v) is 14.0. The Morgan fingerprint density at radius 1 is 1.40 bits per heavy atom. The van der Waals surface area contributed by atoms with Crippen molar-refractivity contribution >= 4 is 21.2 Å². The van der Waals surface area contributed by atoms with Gasteiger partial charge in [0.1, 0.15) is 0 Å². The summed E-state index contributed by atoms with van der Waals surface area (Å²) in [5.41, 5.74) is 0. The Morgan fingerprint density at radius 2 is 2.20 bits per heavy atom. The SMILES string of the molecule is CC(C)CNCC(Cc1cccs1)C1CCS(=O)(=O)C1. The number of thiophene rings is 1. The van der Waals surface area contributed by atoms with Gasteiger partial charge in [0.25, 0.3) is 0 Å². The van der Waals surface area contributed by atoms with Crippen molar-refractivity contribution in [2.24, 2.45) is 17.8 Å². The Bertz CT molecular complexity index is 494. The van der Waals surface area contributed by atoms with Gasteiger partial charge in [0, 0.05) is 4.88 Å². The highest BCUT2D eigenvalue weighted by molar-refractivity contribution is 7.91. The van der Waals surface area contributed by atoms with E-state index in [1.54, 1.807) is 11.3 Å². The van der Waals surface area contributed by atoms with Gasteiger partial charge in [0.15, 0.2) is 9.84 Å². The van der Waals surface area contributed by atoms with Crippen molar-refractivity contribution < 1.29 is 8.42 Å². The summed E-state index contributed by atoms with van der Waals surface area (Å²) in [5.74, 6) is 2.14. The molecule has 3 nitrogen and oxygen atoms in total. The lowest BCUT2D eigenvalue weighted by Crippen LogP contribution is -2.32. The number of nitrogens with one attached hydrogen (secondary N) is 1. The van der Waals surface area contributed by atoms with Crippen LogP contribution in [0.3, 0.4) is 0 Å². The van der Waals surface area contributed by atoms with Gasteiger partial charge in [0.2, 0.25) is 0 Å². The average Bonchev–Trinajstić information content (AvgIpc) is 2.97. The standard InChI is InChI=1S/C15H25NO2S2/c1-12(2)9-16-10-14(8-15-4-3-6-19-15)13-5-7-20(17,18)11-13/h3-4,6,12-14,16H,5,7-11H2,1-2H3. The molecule has 0 bridgehead atoms. The molecule has 2 rings (SSSR count). The molecule has 0 aliphatic carbocycles. The lowest BCUT2D eigenvalue weighted by atomic mass is 9.88. The number of rotatable bonds is 7. The highest BCUT2D eigenvalue weighted by atomic mass is 32.2. The minimum atomic E-state index is -2.79. The maximum Gasteiger partial charge on any atom is 0.150 e. The summed E-state index contributed by atoms with van der Waals surface area (Å²) in [6.07, 6.45) is 1.84. The molecular weight excluding hydrogens is 290 g/mol. The van der Waals surface area contributed by atoms with Crippen LogP contribution in [0.4, 0.5) is 0 Å². The number of hydrogen-bond donors (Lipinski definition) is 1. The molecule has 1 fully saturated rings. The fraction of sp³-hybridized carbons (Fsp3) is 0.733. The zero-order chi connectivity index (χ0) is 14.6. The first-order valence-electron chi connectivity index (χ1n) is 7.40. The molecule has 2 heterocycles. The van der Waals surface area contributed by atoms with Crippen molar-refractivity contribution in [3.05, 3.63) is 22.4 Å². The van der Waals surface area contributed by atoms with Gasteiger partial charge in [-0.15, -0.1) is 11.3 Å². The third kappa shape index (κ3) is 4.86. The van der Waals surface area contributed by atoms with E-state index < -0.39 is 9.84 Å². The first-order chi connectivity index (χ1) is 9.46. The van der Waals surface area contributed by atoms with Crippen LogP contribution in [0.25, 0.3) is 0 Å². The van der Waals surface area contributed by atoms with E-state index in [9.17, 15) is 8.42 Å². The minimum Gasteiger partial charge on any atom is -0.316 e. The van der Waals surface area contributed by atoms with Gasteiger partial charge in [-0.3, -0.25) is 0 Å². The predicted octanol–water partition coefficient (Wildman–Crippen LogP) is 2.59. The smallest absolute Gasteiger partial charge is 0.150 e. The van der Waals surface area contributed by atoms with E-state index in [0.29, 0.717) is 29.3 Å². The monoisotopic (exact) mass is 315 g/mol. The largest absolute Gasteiger partial charge is 0.316 e. The molecule has 20 heavy (non-hydrogen) atoms. The van der Waals surface area contributed by atoms with E-state index in [1.165, 1.54) is 4.88 Å². The number of hydrogen-bond acceptors (Lipinski definition) is 4. The molecule has 0 amide bonds. The second-order valence-corrected chi connectivity index (χ2v) is 9.52. The van der Waals surface area contributed by atoms with E-state index in [0.717, 1.165) is 25.9 Å². The van der Waals surface area contributed by atoms with Gasteiger partial charge in [-0.2, -0.15) is 0 Å². The van der Waals surface area contributed by atoms with Crippen LogP contribution in [0.15, 0.2) is 17.5 Å². The third-order valence-electron chi connectivity index (χ3n) is 3.94. The van der Waals surface area contributed by atoms with Crippen molar-refractivity contribution in [3.8, 4) is 0 Å². The van der Waals surface area contributed by atoms with Gasteiger partial charge in [-0.05, 0) is 55.1 Å². The van der Waals surface area contributed by atoms with Gasteiger partial charge >= 0.3 is 0 Å². The molecular formula is C15H25NO2S2. The minimum absolute atomic E-state index is 0.321. The molecule has 0 aromatic carbocycles. The molecule has 2 atom stereocenters. The highest BCUT2D eigenvalue weighted by Gasteiger charge is 2.33. The summed E-state index contributed by atoms with van der Waals surface area (Å²) in [4.78, 5) is 1.37. The van der Waals surface area contributed by atoms with E-state index in [1.807, 2.05) is 0 Å². The van der Waals surface area contributed by atoms with Crippen LogP contribution in [0.1, 0.15) is 25.1 Å². The van der Waals surface area contributed by atoms with Crippen LogP contribution in [-0.4, -0.2) is 33.0 Å². The molecule has 1 aliphatic rings. The van der Waals surface area contributed by atoms with E-state index in [2.05, 4.69) is 36.7 Å². The molecule has 114 valence electrons. The summed E-state index contributed by atoms with van der Waals surface area (Å²) in [6.45, 7) is 6.32. The molecule has 0 radical (unpaired) electrons. The topological polar surface area (TPSA) is 46.2 Å². The summed E-state index contributed by atoms with van der Waals surface area (Å²) in [7, 11) is -2.79. The van der Waals surface area contributed by atoms with Crippen LogP contribution in [0.2, 0.25) is 0 Å². The van der Waals surface area contributed by atoms with Gasteiger partial charge < -0.3 is 5.32 Å². The van der Waals surface area contributed by atoms with Crippen molar-refractivity contribution in [1.82, 2.24) is 5.32 Å². The molecule has 0 spiro atoms. The van der Waals surface area contributed by atoms with Crippen LogP contribution < -0.4 is 5.32 Å². The fourth-order valence-corrected chi connectivity index (χ4v) is 5.56. The molecule has 0 saturated carbocycles. The Kier molecular flexibility index (Phi) is 5.64. The maximum atomic E-state index is 11.7. The van der Waals surface area contributed by atoms with Crippen molar-refractivity contribution in [3.63, 3.8) is 0 Å². The zero-order valence-electron chi connectivity index (χ0n) is 12.3. The first-order valence-corrected chi connectivity index (χ1v) is 10.1. The quantitative estimate of drug-likeness (QED) is 0.841. The van der Waals surface area contributed by atoms with E-state index in [4.69, 9.17) is 0 Å². The molecule has 1 aromatic heterocycles. The van der Waals surface area contributed by atoms with Crippen molar-refractivity contribution in [2.45, 2.75) is 26.7 Å². The van der Waals surface area contributed by atoms with E-state index in [-0.39, 0.29) is 0 Å². The normalized spacial score (nSPS) is 23.2. The maximum absolute atomic E-state index is 11.7. The average molecular weight is 316 g/mol. The Balaban J connectivity index is 1.96. The Labute approximate surface area is 126 Å². The summed E-state index contributed by atoms with van der Waals surface area (Å²) < 4.78 is 23.4. The second kappa shape index (κ2) is 7.05. The van der Waals surface area contributed by atoms with Crippen LogP contribution >= 0.6 is 11.3 Å². The van der Waals surface area contributed by atoms with Crippen molar-refractivity contribution in [1.29, 1.82) is 0 Å². The molecule has 1 aliphatic heterocycles. The van der Waals surface area contributed by atoms with Gasteiger partial charge in [-0.25, -0.2) is 8.42 Å².